The van der Waals surface area contributed by atoms with E-state index in [4.69, 9.17) is 0 Å². The van der Waals surface area contributed by atoms with E-state index in [1.165, 1.54) is 21.8 Å². The number of aromatic nitrogens is 1. The molecule has 2 heteroatoms. The Morgan fingerprint density at radius 3 is 2.39 bits per heavy atom. The van der Waals surface area contributed by atoms with Gasteiger partial charge < -0.3 is 4.57 Å². The molecule has 4 rings (SSSR count). The highest BCUT2D eigenvalue weighted by Gasteiger charge is 2.08. The van der Waals surface area contributed by atoms with Crippen LogP contribution in [0.4, 0.5) is 5.69 Å². The Bertz CT molecular complexity index is 994. The molecule has 0 saturated carbocycles. The van der Waals surface area contributed by atoms with Gasteiger partial charge in [-0.25, -0.2) is 0 Å². The van der Waals surface area contributed by atoms with Crippen molar-refractivity contribution in [3.8, 4) is 0 Å². The van der Waals surface area contributed by atoms with Crippen LogP contribution in [0, 0.1) is 0 Å². The van der Waals surface area contributed by atoms with Gasteiger partial charge in [0.1, 0.15) is 0 Å². The fraction of sp³-hybridized carbons (Fsp3) is 0.0952. The number of hydrogen-bond donors (Lipinski definition) is 0. The van der Waals surface area contributed by atoms with Crippen molar-refractivity contribution in [3.05, 3.63) is 78.4 Å². The smallest absolute Gasteiger partial charge is 0.0629 e. The van der Waals surface area contributed by atoms with Gasteiger partial charge in [0.15, 0.2) is 0 Å². The van der Waals surface area contributed by atoms with E-state index in [2.05, 4.69) is 58.9 Å². The van der Waals surface area contributed by atoms with Crippen molar-refractivity contribution in [3.63, 3.8) is 0 Å². The second kappa shape index (κ2) is 5.73. The quantitative estimate of drug-likeness (QED) is 0.440. The maximum Gasteiger partial charge on any atom is 0.0629 e. The first-order valence-corrected chi connectivity index (χ1v) is 7.97. The number of aliphatic imine (C=N–C) groups is 1. The fourth-order valence-electron chi connectivity index (χ4n) is 3.16. The first-order valence-electron chi connectivity index (χ1n) is 7.97. The number of aryl methyl sites for hydroxylation is 1. The molecule has 0 aliphatic carbocycles. The molecule has 112 valence electrons. The highest BCUT2D eigenvalue weighted by Crippen LogP contribution is 2.29. The normalized spacial score (nSPS) is 11.7. The molecule has 0 aliphatic heterocycles. The summed E-state index contributed by atoms with van der Waals surface area (Å²) in [6, 6.07) is 25.2. The van der Waals surface area contributed by atoms with Crippen LogP contribution >= 0.6 is 0 Å². The van der Waals surface area contributed by atoms with E-state index in [1.54, 1.807) is 0 Å². The molecule has 0 radical (unpaired) electrons. The van der Waals surface area contributed by atoms with Crippen molar-refractivity contribution < 1.29 is 0 Å². The first kappa shape index (κ1) is 13.8. The van der Waals surface area contributed by atoms with Crippen LogP contribution in [-0.2, 0) is 6.54 Å². The molecule has 0 fully saturated rings. The van der Waals surface area contributed by atoms with Crippen molar-refractivity contribution >= 4 is 33.7 Å². The van der Waals surface area contributed by atoms with Gasteiger partial charge in [-0.2, -0.15) is 0 Å². The lowest BCUT2D eigenvalue weighted by Crippen LogP contribution is -1.92. The van der Waals surface area contributed by atoms with E-state index in [-0.39, 0.29) is 0 Å². The van der Waals surface area contributed by atoms with Gasteiger partial charge in [-0.05, 0) is 42.8 Å². The molecular weight excluding hydrogens is 280 g/mol. The third-order valence-corrected chi connectivity index (χ3v) is 4.23. The number of fused-ring (bicyclic) bond motifs is 3. The fourth-order valence-corrected chi connectivity index (χ4v) is 3.16. The van der Waals surface area contributed by atoms with Gasteiger partial charge in [0.2, 0.25) is 0 Å². The molecule has 3 aromatic carbocycles. The predicted molar refractivity (Wildman–Crippen MR) is 98.8 cm³/mol. The number of benzene rings is 3. The molecule has 0 unspecified atom stereocenters. The molecule has 2 nitrogen and oxygen atoms in total. The minimum absolute atomic E-state index is 0.974. The molecule has 1 aromatic heterocycles. The maximum absolute atomic E-state index is 4.56. The summed E-state index contributed by atoms with van der Waals surface area (Å²) >= 11 is 0. The van der Waals surface area contributed by atoms with Crippen LogP contribution in [0.2, 0.25) is 0 Å². The SMILES string of the molecule is CCn1c2ccccc2c2cc(C=Nc3ccccc3)ccc21. The second-order valence-electron chi connectivity index (χ2n) is 5.63. The van der Waals surface area contributed by atoms with Gasteiger partial charge >= 0.3 is 0 Å². The van der Waals surface area contributed by atoms with Gasteiger partial charge in [0.25, 0.3) is 0 Å². The molecule has 0 atom stereocenters. The zero-order valence-electron chi connectivity index (χ0n) is 13.1. The lowest BCUT2D eigenvalue weighted by atomic mass is 10.1. The number of rotatable bonds is 3. The van der Waals surface area contributed by atoms with E-state index in [1.807, 2.05) is 36.5 Å². The minimum atomic E-state index is 0.974. The Labute approximate surface area is 135 Å². The highest BCUT2D eigenvalue weighted by atomic mass is 15.0. The van der Waals surface area contributed by atoms with Crippen LogP contribution in [0.1, 0.15) is 12.5 Å². The third kappa shape index (κ3) is 2.42. The van der Waals surface area contributed by atoms with Crippen LogP contribution in [-0.4, -0.2) is 10.8 Å². The molecule has 4 aromatic rings. The zero-order chi connectivity index (χ0) is 15.6. The summed E-state index contributed by atoms with van der Waals surface area (Å²) < 4.78 is 2.36. The Morgan fingerprint density at radius 1 is 0.826 bits per heavy atom. The largest absolute Gasteiger partial charge is 0.341 e. The summed E-state index contributed by atoms with van der Waals surface area (Å²) in [5.74, 6) is 0. The van der Waals surface area contributed by atoms with E-state index < -0.39 is 0 Å². The van der Waals surface area contributed by atoms with E-state index in [0.29, 0.717) is 0 Å². The van der Waals surface area contributed by atoms with Crippen LogP contribution < -0.4 is 0 Å². The van der Waals surface area contributed by atoms with Crippen molar-refractivity contribution in [1.29, 1.82) is 0 Å². The Hall–Kier alpha value is -2.87. The van der Waals surface area contributed by atoms with Crippen molar-refractivity contribution in [2.24, 2.45) is 4.99 Å². The summed E-state index contributed by atoms with van der Waals surface area (Å²) in [4.78, 5) is 4.56. The average molecular weight is 298 g/mol. The Kier molecular flexibility index (Phi) is 3.43. The van der Waals surface area contributed by atoms with Crippen molar-refractivity contribution in [2.75, 3.05) is 0 Å². The molecule has 0 N–H and O–H groups in total. The summed E-state index contributed by atoms with van der Waals surface area (Å²) in [5.41, 5.74) is 4.68. The summed E-state index contributed by atoms with van der Waals surface area (Å²) in [6.07, 6.45) is 1.94. The first-order chi connectivity index (χ1) is 11.4. The zero-order valence-corrected chi connectivity index (χ0v) is 13.1. The monoisotopic (exact) mass is 298 g/mol. The number of para-hydroxylation sites is 2. The van der Waals surface area contributed by atoms with Crippen LogP contribution in [0.5, 0.6) is 0 Å². The second-order valence-corrected chi connectivity index (χ2v) is 5.63. The lowest BCUT2D eigenvalue weighted by molar-refractivity contribution is 0.827. The molecule has 0 bridgehead atoms. The molecule has 1 heterocycles. The van der Waals surface area contributed by atoms with E-state index in [0.717, 1.165) is 17.8 Å². The van der Waals surface area contributed by atoms with Gasteiger partial charge in [-0.3, -0.25) is 4.99 Å². The Morgan fingerprint density at radius 2 is 1.57 bits per heavy atom. The Balaban J connectivity index is 1.85. The standard InChI is InChI=1S/C21H18N2/c1-2-23-20-11-7-6-10-18(20)19-14-16(12-13-21(19)23)15-22-17-8-4-3-5-9-17/h3-15H,2H2,1H3. The molecule has 23 heavy (non-hydrogen) atoms. The molecule has 0 aliphatic rings. The average Bonchev–Trinajstić information content (AvgIpc) is 2.94. The summed E-state index contributed by atoms with van der Waals surface area (Å²) in [7, 11) is 0. The maximum atomic E-state index is 4.56. The third-order valence-electron chi connectivity index (χ3n) is 4.23. The van der Waals surface area contributed by atoms with E-state index >= 15 is 0 Å². The lowest BCUT2D eigenvalue weighted by Gasteiger charge is -2.02. The highest BCUT2D eigenvalue weighted by molar-refractivity contribution is 6.09. The molecule has 0 spiro atoms. The van der Waals surface area contributed by atoms with Crippen LogP contribution in [0.3, 0.4) is 0 Å². The molecule has 0 amide bonds. The minimum Gasteiger partial charge on any atom is -0.341 e. The molecular formula is C21H18N2. The van der Waals surface area contributed by atoms with Crippen molar-refractivity contribution in [2.45, 2.75) is 13.5 Å². The van der Waals surface area contributed by atoms with Crippen LogP contribution in [0.15, 0.2) is 77.8 Å². The van der Waals surface area contributed by atoms with Gasteiger partial charge in [0.05, 0.1) is 5.69 Å². The number of nitrogens with zero attached hydrogens (tertiary/aromatic N) is 2. The van der Waals surface area contributed by atoms with Crippen molar-refractivity contribution in [1.82, 2.24) is 4.57 Å². The van der Waals surface area contributed by atoms with Crippen LogP contribution in [0.25, 0.3) is 21.8 Å². The number of hydrogen-bond acceptors (Lipinski definition) is 1. The van der Waals surface area contributed by atoms with Gasteiger partial charge in [-0.1, -0.05) is 42.5 Å². The topological polar surface area (TPSA) is 17.3 Å². The van der Waals surface area contributed by atoms with Gasteiger partial charge in [0, 0.05) is 34.6 Å². The summed E-state index contributed by atoms with van der Waals surface area (Å²) in [6.45, 7) is 3.16. The van der Waals surface area contributed by atoms with E-state index in [9.17, 15) is 0 Å². The summed E-state index contributed by atoms with van der Waals surface area (Å²) in [5, 5.41) is 2.60. The van der Waals surface area contributed by atoms with Gasteiger partial charge in [-0.15, -0.1) is 0 Å². The predicted octanol–water partition coefficient (Wildman–Crippen LogP) is 5.57. The molecule has 0 saturated heterocycles.